The molecule has 0 saturated carbocycles. The molecule has 1 aliphatic rings. The van der Waals surface area contributed by atoms with Gasteiger partial charge in [-0.2, -0.15) is 0 Å². The van der Waals surface area contributed by atoms with Crippen LogP contribution in [0, 0.1) is 35.5 Å². The Hall–Kier alpha value is -9.53. The monoisotopic (exact) mass is 1500 g/mol. The van der Waals surface area contributed by atoms with Crippen molar-refractivity contribution in [3.05, 3.63) is 29.8 Å². The molecule has 598 valence electrons. The van der Waals surface area contributed by atoms with Crippen LogP contribution in [0.4, 0.5) is 0 Å². The van der Waals surface area contributed by atoms with Gasteiger partial charge < -0.3 is 122 Å². The Morgan fingerprint density at radius 3 is 1.72 bits per heavy atom. The van der Waals surface area contributed by atoms with Crippen LogP contribution in [0.2, 0.25) is 0 Å². The highest BCUT2D eigenvalue weighted by molar-refractivity contribution is 5.99. The number of hydrogen-bond acceptors (Lipinski definition) is 22. The number of carbonyl (C=O) groups excluding carboxylic acids is 13. The second-order valence-corrected chi connectivity index (χ2v) is 28.0. The molecule has 25 N–H and O–H groups in total. The Balaban J connectivity index is 3.02. The number of aliphatic imine (C=N–C) groups is 2. The van der Waals surface area contributed by atoms with Crippen molar-refractivity contribution in [3.63, 3.8) is 0 Å². The Morgan fingerprint density at radius 1 is 0.623 bits per heavy atom. The molecule has 2 unspecified atom stereocenters. The summed E-state index contributed by atoms with van der Waals surface area (Å²) in [4.78, 5) is 196. The summed E-state index contributed by atoms with van der Waals surface area (Å²) in [6, 6.07) is -12.6. The fourth-order valence-corrected chi connectivity index (χ4v) is 11.7. The number of nitrogens with zero attached hydrogens (tertiary/aromatic N) is 4. The first-order valence-electron chi connectivity index (χ1n) is 35.2. The Kier molecular flexibility index (Phi) is 38.2. The first-order chi connectivity index (χ1) is 49.3. The second kappa shape index (κ2) is 43.8. The zero-order valence-corrected chi connectivity index (χ0v) is 63.2. The maximum atomic E-state index is 15.1. The van der Waals surface area contributed by atoms with Crippen LogP contribution in [0.25, 0.3) is 0 Å². The van der Waals surface area contributed by atoms with Crippen LogP contribution in [-0.2, 0) is 71.8 Å². The molecule has 1 aromatic rings. The fourth-order valence-electron chi connectivity index (χ4n) is 11.7. The molecule has 12 amide bonds. The first kappa shape index (κ1) is 92.6. The van der Waals surface area contributed by atoms with E-state index in [0.29, 0.717) is 6.42 Å². The molecule has 38 heteroatoms. The molecule has 38 nitrogen and oxygen atoms in total. The van der Waals surface area contributed by atoms with Crippen LogP contribution in [0.1, 0.15) is 146 Å². The van der Waals surface area contributed by atoms with E-state index >= 15 is 14.4 Å². The minimum atomic E-state index is -2.58. The van der Waals surface area contributed by atoms with E-state index in [1.54, 1.807) is 20.8 Å². The number of phenolic OH excluding ortho intramolecular Hbond substituents is 1. The molecular weight excluding hydrogens is 1390 g/mol. The third kappa shape index (κ3) is 28.7. The molecule has 1 aromatic carbocycles. The number of benzene rings is 1. The van der Waals surface area contributed by atoms with E-state index in [2.05, 4.69) is 52.5 Å². The van der Waals surface area contributed by atoms with Crippen LogP contribution in [-0.4, -0.2) is 249 Å². The van der Waals surface area contributed by atoms with E-state index < -0.39 is 204 Å². The number of guanidine groups is 2. The quantitative estimate of drug-likeness (QED) is 0.0132. The van der Waals surface area contributed by atoms with Crippen molar-refractivity contribution in [2.45, 2.75) is 231 Å². The van der Waals surface area contributed by atoms with Crippen molar-refractivity contribution in [2.75, 3.05) is 34.3 Å². The number of aliphatic hydroxyl groups excluding tert-OH is 4. The lowest BCUT2D eigenvalue weighted by Gasteiger charge is -2.36. The molecule has 0 radical (unpaired) electrons. The van der Waals surface area contributed by atoms with E-state index in [1.165, 1.54) is 66.1 Å². The lowest BCUT2D eigenvalue weighted by atomic mass is 9.87. The third-order valence-electron chi connectivity index (χ3n) is 18.5. The normalized spacial score (nSPS) is 23.2. The maximum absolute atomic E-state index is 15.1. The second-order valence-electron chi connectivity index (χ2n) is 28.0. The Labute approximate surface area is 617 Å². The summed E-state index contributed by atoms with van der Waals surface area (Å²) in [7, 11) is 3.47. The van der Waals surface area contributed by atoms with E-state index in [4.69, 9.17) is 43.9 Å². The van der Waals surface area contributed by atoms with Crippen molar-refractivity contribution in [1.82, 2.24) is 52.3 Å². The highest BCUT2D eigenvalue weighted by Crippen LogP contribution is 2.27. The van der Waals surface area contributed by atoms with Gasteiger partial charge in [0.25, 0.3) is 5.91 Å². The standard InChI is InChI=1S/C68H116N18O20/c1-30(2)28-32(5)51(90)35(8)56(94)77-36(9)57(95)78-42(18-16-26-75-67(71)72)52(91)53(92)63(101)81-47(33(6)34(7)55(70)93)60(98)83-49-39(12)106-66(104)37(10)85(13)65(103)50(54(105-15)40-20-22-41(88)23-21-40)84-59(97)45(24-25-46(69)89)86(14)64(102)44(29-31(3)4)80-58(96)43(19-17-27-76-68(73)74)79-61(99)48(38(11)87)82-62(49)100/h20-23,30-39,42-45,47-54,87-88,90-92H,16-19,24-29H2,1-15H3,(H2,69,89)(H2,70,93)(H,77,94)(H,78,95)(H,79,99)(H,80,96)(H,81,101)(H,82,100)(H,83,98)(H,84,97)(H4,71,72,75)(H4,73,74,76)/t32-,33-,34+,35+,36-,37-,38?,39+,42-,43+,44-,45-,47-,48-,49-,50-,51+,52+,53+,54?/m0/s1. The van der Waals surface area contributed by atoms with Crippen molar-refractivity contribution in [3.8, 4) is 5.75 Å². The molecule has 0 aliphatic carbocycles. The molecule has 1 fully saturated rings. The number of esters is 1. The molecule has 0 bridgehead atoms. The molecule has 1 heterocycles. The number of primary amides is 2. The number of ether oxygens (including phenoxy) is 2. The topological polar surface area (TPSA) is 625 Å². The predicted molar refractivity (Wildman–Crippen MR) is 386 cm³/mol. The van der Waals surface area contributed by atoms with Gasteiger partial charge in [-0.1, -0.05) is 67.5 Å². The molecule has 0 aromatic heterocycles. The van der Waals surface area contributed by atoms with E-state index in [1.807, 2.05) is 13.8 Å². The van der Waals surface area contributed by atoms with Crippen LogP contribution in [0.15, 0.2) is 34.3 Å². The van der Waals surface area contributed by atoms with Gasteiger partial charge in [-0.3, -0.25) is 67.5 Å². The average Bonchev–Trinajstić information content (AvgIpc) is 0.811. The van der Waals surface area contributed by atoms with Crippen LogP contribution in [0.3, 0.4) is 0 Å². The summed E-state index contributed by atoms with van der Waals surface area (Å²) in [6.45, 7) is 17.4. The van der Waals surface area contributed by atoms with E-state index in [0.717, 1.165) is 37.6 Å². The number of phenols is 1. The number of methoxy groups -OCH3 is 1. The minimum Gasteiger partial charge on any atom is -0.508 e. The number of carbonyl (C=O) groups is 13. The van der Waals surface area contributed by atoms with Gasteiger partial charge >= 0.3 is 5.97 Å². The van der Waals surface area contributed by atoms with Gasteiger partial charge in [0.2, 0.25) is 65.0 Å². The zero-order valence-electron chi connectivity index (χ0n) is 63.2. The summed E-state index contributed by atoms with van der Waals surface area (Å²) in [5, 5.41) is 75.7. The summed E-state index contributed by atoms with van der Waals surface area (Å²) in [6.07, 6.45) is -12.4. The summed E-state index contributed by atoms with van der Waals surface area (Å²) < 4.78 is 11.7. The molecule has 1 saturated heterocycles. The predicted octanol–water partition coefficient (Wildman–Crippen LogP) is -5.44. The summed E-state index contributed by atoms with van der Waals surface area (Å²) in [5.74, 6) is -19.8. The number of cyclic esters (lactones) is 1. The van der Waals surface area contributed by atoms with Gasteiger partial charge in [0, 0.05) is 46.6 Å². The largest absolute Gasteiger partial charge is 0.508 e. The maximum Gasteiger partial charge on any atom is 0.328 e. The minimum absolute atomic E-state index is 0.00975. The van der Waals surface area contributed by atoms with Gasteiger partial charge in [0.1, 0.15) is 78.4 Å². The van der Waals surface area contributed by atoms with Crippen LogP contribution < -0.4 is 76.9 Å². The summed E-state index contributed by atoms with van der Waals surface area (Å²) in [5.41, 5.74) is 33.6. The van der Waals surface area contributed by atoms with E-state index in [-0.39, 0.29) is 86.2 Å². The smallest absolute Gasteiger partial charge is 0.328 e. The number of rotatable bonds is 34. The van der Waals surface area contributed by atoms with Crippen molar-refractivity contribution in [1.29, 1.82) is 0 Å². The third-order valence-corrected chi connectivity index (χ3v) is 18.5. The number of amides is 12. The Bertz CT molecular complexity index is 3230. The van der Waals surface area contributed by atoms with Gasteiger partial charge in [-0.25, -0.2) is 4.79 Å². The van der Waals surface area contributed by atoms with Crippen molar-refractivity contribution in [2.24, 2.45) is 79.9 Å². The van der Waals surface area contributed by atoms with Gasteiger partial charge in [0.05, 0.1) is 24.2 Å². The molecular formula is C68H116N18O20. The lowest BCUT2D eigenvalue weighted by molar-refractivity contribution is -0.162. The van der Waals surface area contributed by atoms with Gasteiger partial charge in [-0.15, -0.1) is 0 Å². The Morgan fingerprint density at radius 2 is 1.19 bits per heavy atom. The number of aromatic hydroxyl groups is 1. The van der Waals surface area contributed by atoms with Crippen LogP contribution >= 0.6 is 0 Å². The molecule has 2 rings (SSSR count). The molecule has 1 aliphatic heterocycles. The van der Waals surface area contributed by atoms with Crippen molar-refractivity contribution < 1.29 is 97.3 Å². The van der Waals surface area contributed by atoms with Crippen molar-refractivity contribution >= 4 is 88.8 Å². The summed E-state index contributed by atoms with van der Waals surface area (Å²) >= 11 is 0. The van der Waals surface area contributed by atoms with Crippen LogP contribution in [0.5, 0.6) is 5.75 Å². The first-order valence-corrected chi connectivity index (χ1v) is 35.2. The highest BCUT2D eigenvalue weighted by atomic mass is 16.5. The molecule has 20 atom stereocenters. The molecule has 106 heavy (non-hydrogen) atoms. The number of likely N-dealkylation sites (N-methyl/N-ethyl adjacent to an activating group) is 2. The number of nitrogens with one attached hydrogen (secondary N) is 8. The van der Waals surface area contributed by atoms with Gasteiger partial charge in [-0.05, 0) is 114 Å². The molecule has 0 spiro atoms. The average molecular weight is 1510 g/mol. The fraction of sp³-hybridized carbons (Fsp3) is 0.691. The lowest BCUT2D eigenvalue weighted by Crippen LogP contribution is -2.65. The van der Waals surface area contributed by atoms with Gasteiger partial charge in [0.15, 0.2) is 18.0 Å². The number of aliphatic hydroxyl groups is 4. The SMILES string of the molecule is COC(c1ccc(O)cc1)[C@@H]1NC(=O)[C@H](CCC(N)=O)N(C)C(=O)[C@H](CC(C)C)NC(=O)[C@@H](CCCN=C(N)N)NC(=O)[C@H](C(C)O)NC(=O)[C@@H](NC(=O)[C@@H](NC(=O)[C@H](O)[C@H](O)[C@H](CCCN=C(N)N)NC(=O)[C@H](C)NC(=O)[C@H](C)[C@H](O)[C@@H](C)CC(C)C)[C@@H](C)[C@@H](C)C(N)=O)[C@@H](C)OC(=O)[C@H](C)N(C)C1=O. The number of hydrogen-bond donors (Lipinski definition) is 19. The zero-order chi connectivity index (χ0) is 81.1. The number of nitrogens with two attached hydrogens (primary N) is 6. The highest BCUT2D eigenvalue weighted by Gasteiger charge is 2.45. The van der Waals surface area contributed by atoms with E-state index in [9.17, 15) is 73.5 Å².